The highest BCUT2D eigenvalue weighted by Crippen LogP contribution is 2.23. The van der Waals surface area contributed by atoms with Crippen LogP contribution in [0.1, 0.15) is 58.8 Å². The highest BCUT2D eigenvalue weighted by molar-refractivity contribution is 5.81. The van der Waals surface area contributed by atoms with E-state index in [1.807, 2.05) is 0 Å². The summed E-state index contributed by atoms with van der Waals surface area (Å²) in [5, 5.41) is 0. The fourth-order valence-electron chi connectivity index (χ4n) is 3.05. The summed E-state index contributed by atoms with van der Waals surface area (Å²) in [4.78, 5) is 14.2. The molecular weight excluding hydrogens is 226 g/mol. The van der Waals surface area contributed by atoms with Crippen molar-refractivity contribution in [3.05, 3.63) is 0 Å². The van der Waals surface area contributed by atoms with Crippen LogP contribution >= 0.6 is 0 Å². The Bertz CT molecular complexity index is 245. The molecule has 0 aromatic rings. The van der Waals surface area contributed by atoms with Crippen LogP contribution in [0.5, 0.6) is 0 Å². The Hall–Kier alpha value is -0.610. The zero-order chi connectivity index (χ0) is 13.4. The summed E-state index contributed by atoms with van der Waals surface area (Å²) >= 11 is 0. The largest absolute Gasteiger partial charge is 0.293 e. The molecular formula is C14H29N3O. The van der Waals surface area contributed by atoms with Gasteiger partial charge >= 0.3 is 0 Å². The van der Waals surface area contributed by atoms with E-state index < -0.39 is 0 Å². The second-order valence-corrected chi connectivity index (χ2v) is 5.43. The molecule has 0 bridgehead atoms. The van der Waals surface area contributed by atoms with Crippen LogP contribution in [0.25, 0.3) is 0 Å². The van der Waals surface area contributed by atoms with Crippen LogP contribution < -0.4 is 11.3 Å². The van der Waals surface area contributed by atoms with Crippen molar-refractivity contribution >= 4 is 5.91 Å². The lowest BCUT2D eigenvalue weighted by Gasteiger charge is -2.29. The summed E-state index contributed by atoms with van der Waals surface area (Å²) in [6, 6.07) is -0.0274. The Balaban J connectivity index is 2.55. The van der Waals surface area contributed by atoms with E-state index in [0.717, 1.165) is 31.8 Å². The highest BCUT2D eigenvalue weighted by atomic mass is 16.2. The first-order valence-corrected chi connectivity index (χ1v) is 7.47. The van der Waals surface area contributed by atoms with Gasteiger partial charge in [-0.25, -0.2) is 5.84 Å². The molecule has 18 heavy (non-hydrogen) atoms. The molecule has 1 saturated heterocycles. The van der Waals surface area contributed by atoms with Crippen LogP contribution in [-0.4, -0.2) is 29.9 Å². The summed E-state index contributed by atoms with van der Waals surface area (Å²) < 4.78 is 0. The lowest BCUT2D eigenvalue weighted by atomic mass is 9.96. The monoisotopic (exact) mass is 255 g/mol. The third-order valence-electron chi connectivity index (χ3n) is 4.03. The average Bonchev–Trinajstić information content (AvgIpc) is 2.61. The van der Waals surface area contributed by atoms with Crippen molar-refractivity contribution in [2.24, 2.45) is 11.8 Å². The van der Waals surface area contributed by atoms with Crippen LogP contribution in [0.15, 0.2) is 0 Å². The molecule has 106 valence electrons. The highest BCUT2D eigenvalue weighted by Gasteiger charge is 2.26. The lowest BCUT2D eigenvalue weighted by Crippen LogP contribution is -2.49. The number of hydrogen-bond donors (Lipinski definition) is 2. The van der Waals surface area contributed by atoms with Crippen LogP contribution in [0.2, 0.25) is 0 Å². The summed E-state index contributed by atoms with van der Waals surface area (Å²) in [5.74, 6) is 6.13. The van der Waals surface area contributed by atoms with Gasteiger partial charge in [0.05, 0.1) is 6.04 Å². The summed E-state index contributed by atoms with van der Waals surface area (Å²) in [7, 11) is 0. The van der Waals surface area contributed by atoms with Gasteiger partial charge in [-0.15, -0.1) is 0 Å². The van der Waals surface area contributed by atoms with E-state index in [-0.39, 0.29) is 11.9 Å². The number of rotatable bonds is 6. The van der Waals surface area contributed by atoms with Gasteiger partial charge in [-0.3, -0.25) is 15.1 Å². The van der Waals surface area contributed by atoms with Crippen LogP contribution in [0.3, 0.4) is 0 Å². The Morgan fingerprint density at radius 3 is 2.72 bits per heavy atom. The van der Waals surface area contributed by atoms with Gasteiger partial charge in [-0.1, -0.05) is 33.1 Å². The topological polar surface area (TPSA) is 58.4 Å². The minimum absolute atomic E-state index is 0.0224. The molecule has 0 aromatic heterocycles. The second-order valence-electron chi connectivity index (χ2n) is 5.43. The average molecular weight is 255 g/mol. The molecule has 3 N–H and O–H groups in total. The minimum atomic E-state index is -0.0274. The van der Waals surface area contributed by atoms with Crippen LogP contribution in [-0.2, 0) is 4.79 Å². The lowest BCUT2D eigenvalue weighted by molar-refractivity contribution is -0.126. The number of carbonyl (C=O) groups is 1. The molecule has 2 unspecified atom stereocenters. The van der Waals surface area contributed by atoms with Crippen molar-refractivity contribution in [1.82, 2.24) is 10.3 Å². The summed E-state index contributed by atoms with van der Waals surface area (Å²) in [6.45, 7) is 6.46. The van der Waals surface area contributed by atoms with Gasteiger partial charge in [-0.2, -0.15) is 0 Å². The van der Waals surface area contributed by atoms with Crippen molar-refractivity contribution < 1.29 is 4.79 Å². The zero-order valence-corrected chi connectivity index (χ0v) is 12.0. The Morgan fingerprint density at radius 1 is 1.33 bits per heavy atom. The summed E-state index contributed by atoms with van der Waals surface area (Å²) in [5.41, 5.74) is 2.32. The number of nitrogens with two attached hydrogens (primary N) is 1. The molecule has 0 radical (unpaired) electrons. The van der Waals surface area contributed by atoms with E-state index in [0.29, 0.717) is 0 Å². The number of nitrogens with one attached hydrogen (secondary N) is 1. The quantitative estimate of drug-likeness (QED) is 0.434. The van der Waals surface area contributed by atoms with E-state index in [9.17, 15) is 4.79 Å². The molecule has 0 spiro atoms. The zero-order valence-electron chi connectivity index (χ0n) is 12.0. The molecule has 1 aliphatic heterocycles. The van der Waals surface area contributed by atoms with Gasteiger partial charge in [-0.05, 0) is 44.7 Å². The standard InChI is InChI=1S/C14H29N3O/c1-3-6-12-8-5-10-17(11-9-12)13(7-4-2)14(18)16-15/h12-13H,3-11,15H2,1-2H3,(H,16,18). The molecule has 2 atom stereocenters. The number of likely N-dealkylation sites (tertiary alicyclic amines) is 1. The molecule has 1 fully saturated rings. The van der Waals surface area contributed by atoms with Gasteiger partial charge in [0.1, 0.15) is 0 Å². The molecule has 1 rings (SSSR count). The SMILES string of the molecule is CCCC1CCCN(C(CCC)C(=O)NN)CC1. The maximum Gasteiger partial charge on any atom is 0.251 e. The van der Waals surface area contributed by atoms with Crippen molar-refractivity contribution in [3.8, 4) is 0 Å². The third kappa shape index (κ3) is 4.58. The Kier molecular flexibility index (Phi) is 7.28. The third-order valence-corrected chi connectivity index (χ3v) is 4.03. The predicted molar refractivity (Wildman–Crippen MR) is 74.8 cm³/mol. The molecule has 4 heteroatoms. The second kappa shape index (κ2) is 8.48. The predicted octanol–water partition coefficient (Wildman–Crippen LogP) is 2.05. The number of hydrogen-bond acceptors (Lipinski definition) is 3. The van der Waals surface area contributed by atoms with Gasteiger partial charge in [0.25, 0.3) is 5.91 Å². The van der Waals surface area contributed by atoms with Crippen LogP contribution in [0.4, 0.5) is 0 Å². The van der Waals surface area contributed by atoms with E-state index in [1.54, 1.807) is 0 Å². The van der Waals surface area contributed by atoms with E-state index >= 15 is 0 Å². The van der Waals surface area contributed by atoms with E-state index in [4.69, 9.17) is 5.84 Å². The van der Waals surface area contributed by atoms with Crippen molar-refractivity contribution in [2.45, 2.75) is 64.8 Å². The van der Waals surface area contributed by atoms with Gasteiger partial charge in [0.2, 0.25) is 0 Å². The molecule has 0 aliphatic carbocycles. The minimum Gasteiger partial charge on any atom is -0.293 e. The first kappa shape index (κ1) is 15.4. The molecule has 1 aliphatic rings. The van der Waals surface area contributed by atoms with Gasteiger partial charge < -0.3 is 0 Å². The Morgan fingerprint density at radius 2 is 2.11 bits per heavy atom. The fourth-order valence-corrected chi connectivity index (χ4v) is 3.05. The van der Waals surface area contributed by atoms with Gasteiger partial charge in [0, 0.05) is 0 Å². The molecule has 1 amide bonds. The number of nitrogens with zero attached hydrogens (tertiary/aromatic N) is 1. The number of hydrazine groups is 1. The molecule has 0 saturated carbocycles. The van der Waals surface area contributed by atoms with E-state index in [2.05, 4.69) is 24.2 Å². The van der Waals surface area contributed by atoms with Crippen molar-refractivity contribution in [2.75, 3.05) is 13.1 Å². The smallest absolute Gasteiger partial charge is 0.251 e. The Labute approximate surface area is 111 Å². The molecule has 0 aromatic carbocycles. The first-order chi connectivity index (χ1) is 8.72. The maximum absolute atomic E-state index is 11.8. The summed E-state index contributed by atoms with van der Waals surface area (Å²) in [6.07, 6.45) is 8.28. The fraction of sp³-hybridized carbons (Fsp3) is 0.929. The van der Waals surface area contributed by atoms with Crippen molar-refractivity contribution in [3.63, 3.8) is 0 Å². The van der Waals surface area contributed by atoms with E-state index in [1.165, 1.54) is 32.1 Å². The molecule has 4 nitrogen and oxygen atoms in total. The maximum atomic E-state index is 11.8. The number of amides is 1. The number of carbonyl (C=O) groups excluding carboxylic acids is 1. The van der Waals surface area contributed by atoms with Gasteiger partial charge in [0.15, 0.2) is 0 Å². The van der Waals surface area contributed by atoms with Crippen molar-refractivity contribution in [1.29, 1.82) is 0 Å². The molecule has 1 heterocycles. The van der Waals surface area contributed by atoms with Crippen LogP contribution in [0, 0.1) is 5.92 Å². The first-order valence-electron chi connectivity index (χ1n) is 7.47. The normalized spacial score (nSPS) is 23.4.